The van der Waals surface area contributed by atoms with Gasteiger partial charge >= 0.3 is 6.18 Å². The van der Waals surface area contributed by atoms with E-state index in [0.717, 1.165) is 11.1 Å². The van der Waals surface area contributed by atoms with Crippen molar-refractivity contribution < 1.29 is 17.9 Å². The molecule has 0 heterocycles. The zero-order valence-electron chi connectivity index (χ0n) is 13.5. The summed E-state index contributed by atoms with van der Waals surface area (Å²) in [4.78, 5) is 0. The Bertz CT molecular complexity index is 845. The first-order valence-corrected chi connectivity index (χ1v) is 7.96. The van der Waals surface area contributed by atoms with Crippen LogP contribution >= 0.6 is 0 Å². The normalized spacial score (nSPS) is 11.6. The van der Waals surface area contributed by atoms with Gasteiger partial charge in [-0.05, 0) is 40.1 Å². The molecule has 0 spiro atoms. The second kappa shape index (κ2) is 7.57. The number of hydrogen-bond acceptors (Lipinski definition) is 2. The number of halogens is 3. The Morgan fingerprint density at radius 3 is 2.24 bits per heavy atom. The fourth-order valence-corrected chi connectivity index (χ4v) is 2.61. The van der Waals surface area contributed by atoms with Crippen molar-refractivity contribution in [3.05, 3.63) is 77.9 Å². The third-order valence-electron chi connectivity index (χ3n) is 3.77. The van der Waals surface area contributed by atoms with Gasteiger partial charge in [0.2, 0.25) is 0 Å². The molecule has 0 atom stereocenters. The number of fused-ring (bicyclic) bond motifs is 1. The van der Waals surface area contributed by atoms with Gasteiger partial charge < -0.3 is 10.1 Å². The lowest BCUT2D eigenvalue weighted by molar-refractivity contribution is -0.153. The van der Waals surface area contributed by atoms with Crippen molar-refractivity contribution in [1.29, 1.82) is 0 Å². The molecule has 0 bridgehead atoms. The number of nitrogens with one attached hydrogen (secondary N) is 1. The Balaban J connectivity index is 1.56. The fraction of sp³-hybridized carbons (Fsp3) is 0.200. The molecule has 0 aliphatic heterocycles. The van der Waals surface area contributed by atoms with Gasteiger partial charge in [0.1, 0.15) is 5.75 Å². The van der Waals surface area contributed by atoms with Crippen molar-refractivity contribution >= 4 is 10.8 Å². The molecule has 3 aromatic carbocycles. The molecule has 0 radical (unpaired) electrons. The molecule has 0 aliphatic carbocycles. The van der Waals surface area contributed by atoms with Gasteiger partial charge in [0.15, 0.2) is 6.61 Å². The average Bonchev–Trinajstić information content (AvgIpc) is 2.60. The Labute approximate surface area is 144 Å². The molecular formula is C20H18F3NO. The molecule has 0 fully saturated rings. The van der Waals surface area contributed by atoms with Crippen LogP contribution in [0.15, 0.2) is 66.7 Å². The van der Waals surface area contributed by atoms with Crippen LogP contribution in [0.4, 0.5) is 13.2 Å². The Hall–Kier alpha value is -2.53. The van der Waals surface area contributed by atoms with E-state index in [-0.39, 0.29) is 5.75 Å². The minimum absolute atomic E-state index is 0.224. The minimum Gasteiger partial charge on any atom is -0.484 e. The molecule has 0 aromatic heterocycles. The summed E-state index contributed by atoms with van der Waals surface area (Å²) in [6.07, 6.45) is -4.33. The van der Waals surface area contributed by atoms with E-state index in [1.807, 2.05) is 18.2 Å². The lowest BCUT2D eigenvalue weighted by Crippen LogP contribution is -2.19. The maximum absolute atomic E-state index is 12.2. The van der Waals surface area contributed by atoms with E-state index in [9.17, 15) is 13.2 Å². The van der Waals surface area contributed by atoms with Crippen LogP contribution in [0.25, 0.3) is 10.8 Å². The Morgan fingerprint density at radius 1 is 0.760 bits per heavy atom. The molecule has 0 aliphatic rings. The number of ether oxygens (including phenoxy) is 1. The number of alkyl halides is 3. The summed E-state index contributed by atoms with van der Waals surface area (Å²) in [6, 6.07) is 21.1. The standard InChI is InChI=1S/C20H18F3NO/c21-20(22,23)14-25-19-7-3-4-15(11-19)12-24-13-16-8-9-17-5-1-2-6-18(17)10-16/h1-11,24H,12-14H2. The summed E-state index contributed by atoms with van der Waals surface area (Å²) < 4.78 is 41.4. The van der Waals surface area contributed by atoms with E-state index < -0.39 is 12.8 Å². The molecule has 25 heavy (non-hydrogen) atoms. The van der Waals surface area contributed by atoms with Gasteiger partial charge in [-0.2, -0.15) is 13.2 Å². The molecule has 3 aromatic rings. The van der Waals surface area contributed by atoms with Crippen LogP contribution in [0.5, 0.6) is 5.75 Å². The summed E-state index contributed by atoms with van der Waals surface area (Å²) >= 11 is 0. The van der Waals surface area contributed by atoms with Crippen molar-refractivity contribution in [3.8, 4) is 5.75 Å². The summed E-state index contributed by atoms with van der Waals surface area (Å²) in [5.41, 5.74) is 2.03. The van der Waals surface area contributed by atoms with Gasteiger partial charge in [0.05, 0.1) is 0 Å². The first-order chi connectivity index (χ1) is 12.0. The average molecular weight is 345 g/mol. The first-order valence-electron chi connectivity index (χ1n) is 7.96. The predicted molar refractivity (Wildman–Crippen MR) is 92.5 cm³/mol. The second-order valence-corrected chi connectivity index (χ2v) is 5.84. The van der Waals surface area contributed by atoms with Crippen LogP contribution in [0, 0.1) is 0 Å². The highest BCUT2D eigenvalue weighted by Gasteiger charge is 2.28. The first kappa shape index (κ1) is 17.3. The van der Waals surface area contributed by atoms with E-state index in [1.54, 1.807) is 12.1 Å². The van der Waals surface area contributed by atoms with E-state index in [1.165, 1.54) is 16.8 Å². The SMILES string of the molecule is FC(F)(F)COc1cccc(CNCc2ccc3ccccc3c2)c1. The molecule has 0 unspecified atom stereocenters. The monoisotopic (exact) mass is 345 g/mol. The van der Waals surface area contributed by atoms with Crippen LogP contribution in [-0.4, -0.2) is 12.8 Å². The van der Waals surface area contributed by atoms with Crippen molar-refractivity contribution in [1.82, 2.24) is 5.32 Å². The number of rotatable bonds is 6. The molecule has 0 saturated heterocycles. The van der Waals surface area contributed by atoms with Crippen LogP contribution in [-0.2, 0) is 13.1 Å². The Morgan fingerprint density at radius 2 is 1.48 bits per heavy atom. The van der Waals surface area contributed by atoms with E-state index >= 15 is 0 Å². The number of benzene rings is 3. The highest BCUT2D eigenvalue weighted by atomic mass is 19.4. The topological polar surface area (TPSA) is 21.3 Å². The quantitative estimate of drug-likeness (QED) is 0.673. The van der Waals surface area contributed by atoms with Gasteiger partial charge in [-0.25, -0.2) is 0 Å². The third-order valence-corrected chi connectivity index (χ3v) is 3.77. The summed E-state index contributed by atoms with van der Waals surface area (Å²) in [5, 5.41) is 5.68. The summed E-state index contributed by atoms with van der Waals surface area (Å²) in [7, 11) is 0. The lowest BCUT2D eigenvalue weighted by atomic mass is 10.1. The molecule has 2 nitrogen and oxygen atoms in total. The zero-order chi connectivity index (χ0) is 17.7. The van der Waals surface area contributed by atoms with E-state index in [2.05, 4.69) is 35.6 Å². The molecule has 0 amide bonds. The zero-order valence-corrected chi connectivity index (χ0v) is 13.5. The fourth-order valence-electron chi connectivity index (χ4n) is 2.61. The maximum atomic E-state index is 12.2. The third kappa shape index (κ3) is 5.22. The van der Waals surface area contributed by atoms with Gasteiger partial charge in [0.25, 0.3) is 0 Å². The highest BCUT2D eigenvalue weighted by molar-refractivity contribution is 5.82. The van der Waals surface area contributed by atoms with Crippen LogP contribution in [0.2, 0.25) is 0 Å². The van der Waals surface area contributed by atoms with Crippen molar-refractivity contribution in [2.75, 3.05) is 6.61 Å². The largest absolute Gasteiger partial charge is 0.484 e. The van der Waals surface area contributed by atoms with E-state index in [4.69, 9.17) is 4.74 Å². The van der Waals surface area contributed by atoms with Crippen molar-refractivity contribution in [3.63, 3.8) is 0 Å². The second-order valence-electron chi connectivity index (χ2n) is 5.84. The summed E-state index contributed by atoms with van der Waals surface area (Å²) in [5.74, 6) is 0.224. The van der Waals surface area contributed by atoms with Gasteiger partial charge in [0, 0.05) is 13.1 Å². The molecule has 3 rings (SSSR count). The number of hydrogen-bond donors (Lipinski definition) is 1. The Kier molecular flexibility index (Phi) is 5.24. The van der Waals surface area contributed by atoms with Gasteiger partial charge in [-0.1, -0.05) is 48.5 Å². The van der Waals surface area contributed by atoms with Crippen molar-refractivity contribution in [2.24, 2.45) is 0 Å². The van der Waals surface area contributed by atoms with E-state index in [0.29, 0.717) is 13.1 Å². The van der Waals surface area contributed by atoms with Gasteiger partial charge in [-0.3, -0.25) is 0 Å². The summed E-state index contributed by atoms with van der Waals surface area (Å²) in [6.45, 7) is -0.0461. The maximum Gasteiger partial charge on any atom is 0.422 e. The predicted octanol–water partition coefficient (Wildman–Crippen LogP) is 5.07. The molecule has 0 saturated carbocycles. The minimum atomic E-state index is -4.33. The van der Waals surface area contributed by atoms with Crippen LogP contribution in [0.3, 0.4) is 0 Å². The van der Waals surface area contributed by atoms with Crippen LogP contribution in [0.1, 0.15) is 11.1 Å². The molecule has 130 valence electrons. The highest BCUT2D eigenvalue weighted by Crippen LogP contribution is 2.20. The molecular weight excluding hydrogens is 327 g/mol. The van der Waals surface area contributed by atoms with Crippen molar-refractivity contribution in [2.45, 2.75) is 19.3 Å². The molecule has 5 heteroatoms. The smallest absolute Gasteiger partial charge is 0.422 e. The molecule has 1 N–H and O–H groups in total. The lowest BCUT2D eigenvalue weighted by Gasteiger charge is -2.11. The van der Waals surface area contributed by atoms with Crippen LogP contribution < -0.4 is 10.1 Å². The van der Waals surface area contributed by atoms with Gasteiger partial charge in [-0.15, -0.1) is 0 Å².